The average Bonchev–Trinajstić information content (AvgIpc) is 3.19. The number of benzene rings is 2. The Bertz CT molecular complexity index is 1150. The minimum absolute atomic E-state index is 0.149. The Kier molecular flexibility index (Phi) is 5.25. The van der Waals surface area contributed by atoms with E-state index in [2.05, 4.69) is 6.92 Å². The lowest BCUT2D eigenvalue weighted by Gasteiger charge is -2.14. The predicted molar refractivity (Wildman–Crippen MR) is 115 cm³/mol. The van der Waals surface area contributed by atoms with E-state index >= 15 is 0 Å². The van der Waals surface area contributed by atoms with E-state index in [0.29, 0.717) is 32.2 Å². The standard InChI is InChI=1S/C21H18Cl3NO2S/c1-2-13-6-7-19-20(13)12-25(21(19)14-8-16(23)10-17(24)9-14)28(26,27)18-5-3-4-15(22)11-18/h3-5,8-13H,2,6-7H2,1H3. The topological polar surface area (TPSA) is 39.1 Å². The maximum Gasteiger partial charge on any atom is 0.268 e. The molecule has 0 N–H and O–H groups in total. The highest BCUT2D eigenvalue weighted by Gasteiger charge is 2.32. The van der Waals surface area contributed by atoms with Crippen molar-refractivity contribution in [3.8, 4) is 11.3 Å². The summed E-state index contributed by atoms with van der Waals surface area (Å²) in [5.74, 6) is 0.346. The molecule has 0 saturated heterocycles. The van der Waals surface area contributed by atoms with Gasteiger partial charge in [0, 0.05) is 26.8 Å². The third kappa shape index (κ3) is 3.37. The summed E-state index contributed by atoms with van der Waals surface area (Å²) >= 11 is 18.5. The summed E-state index contributed by atoms with van der Waals surface area (Å²) in [6.07, 6.45) is 4.56. The lowest BCUT2D eigenvalue weighted by atomic mass is 10.0. The molecular weight excluding hydrogens is 437 g/mol. The van der Waals surface area contributed by atoms with Crippen LogP contribution in [0.4, 0.5) is 0 Å². The molecule has 1 atom stereocenters. The van der Waals surface area contributed by atoms with Crippen molar-refractivity contribution in [3.63, 3.8) is 0 Å². The van der Waals surface area contributed by atoms with Crippen LogP contribution in [0.3, 0.4) is 0 Å². The molecule has 1 aliphatic carbocycles. The summed E-state index contributed by atoms with van der Waals surface area (Å²) in [6.45, 7) is 2.12. The number of hydrogen-bond acceptors (Lipinski definition) is 2. The summed E-state index contributed by atoms with van der Waals surface area (Å²) in [5.41, 5.74) is 3.46. The summed E-state index contributed by atoms with van der Waals surface area (Å²) in [4.78, 5) is 0.149. The molecule has 4 rings (SSSR count). The number of nitrogens with zero attached hydrogens (tertiary/aromatic N) is 1. The molecule has 146 valence electrons. The molecular formula is C21H18Cl3NO2S. The van der Waals surface area contributed by atoms with Crippen LogP contribution in [0, 0.1) is 0 Å². The molecule has 0 spiro atoms. The van der Waals surface area contributed by atoms with Crippen molar-refractivity contribution in [2.45, 2.75) is 37.0 Å². The van der Waals surface area contributed by atoms with Crippen molar-refractivity contribution in [2.75, 3.05) is 0 Å². The van der Waals surface area contributed by atoms with Gasteiger partial charge in [0.2, 0.25) is 0 Å². The van der Waals surface area contributed by atoms with Gasteiger partial charge in [0.15, 0.2) is 0 Å². The van der Waals surface area contributed by atoms with Crippen LogP contribution in [0.5, 0.6) is 0 Å². The molecule has 7 heteroatoms. The van der Waals surface area contributed by atoms with Gasteiger partial charge in [0.05, 0.1) is 10.6 Å². The van der Waals surface area contributed by atoms with Crippen LogP contribution in [-0.2, 0) is 16.4 Å². The maximum absolute atomic E-state index is 13.5. The van der Waals surface area contributed by atoms with Gasteiger partial charge in [0.25, 0.3) is 10.0 Å². The molecule has 3 aromatic rings. The first kappa shape index (κ1) is 19.8. The second kappa shape index (κ2) is 7.42. The Morgan fingerprint density at radius 2 is 1.75 bits per heavy atom. The molecule has 2 aromatic carbocycles. The minimum Gasteiger partial charge on any atom is -0.241 e. The normalized spacial score (nSPS) is 16.4. The third-order valence-electron chi connectivity index (χ3n) is 5.28. The zero-order valence-electron chi connectivity index (χ0n) is 15.1. The molecule has 0 amide bonds. The Morgan fingerprint density at radius 3 is 2.39 bits per heavy atom. The largest absolute Gasteiger partial charge is 0.268 e. The Hall–Kier alpha value is -1.46. The van der Waals surface area contributed by atoms with Gasteiger partial charge >= 0.3 is 0 Å². The van der Waals surface area contributed by atoms with Gasteiger partial charge in [0.1, 0.15) is 0 Å². The molecule has 1 aromatic heterocycles. The first-order chi connectivity index (χ1) is 13.3. The monoisotopic (exact) mass is 453 g/mol. The lowest BCUT2D eigenvalue weighted by molar-refractivity contribution is 0.586. The van der Waals surface area contributed by atoms with Crippen LogP contribution in [0.1, 0.15) is 36.8 Å². The molecule has 3 nitrogen and oxygen atoms in total. The average molecular weight is 455 g/mol. The molecule has 28 heavy (non-hydrogen) atoms. The van der Waals surface area contributed by atoms with Crippen molar-refractivity contribution in [3.05, 3.63) is 74.9 Å². The van der Waals surface area contributed by atoms with Gasteiger partial charge in [-0.2, -0.15) is 0 Å². The van der Waals surface area contributed by atoms with Crippen molar-refractivity contribution in [1.82, 2.24) is 3.97 Å². The number of fused-ring (bicyclic) bond motifs is 1. The third-order valence-corrected chi connectivity index (χ3v) is 7.60. The fourth-order valence-electron chi connectivity index (χ4n) is 3.97. The minimum atomic E-state index is -3.83. The zero-order chi connectivity index (χ0) is 20.1. The van der Waals surface area contributed by atoms with E-state index in [1.807, 2.05) is 0 Å². The number of halogens is 3. The van der Waals surface area contributed by atoms with Gasteiger partial charge in [-0.1, -0.05) is 47.8 Å². The molecule has 0 fully saturated rings. The summed E-state index contributed by atoms with van der Waals surface area (Å²) in [5, 5.41) is 1.31. The molecule has 1 unspecified atom stereocenters. The van der Waals surface area contributed by atoms with E-state index in [-0.39, 0.29) is 4.90 Å². The highest BCUT2D eigenvalue weighted by Crippen LogP contribution is 2.44. The van der Waals surface area contributed by atoms with Crippen LogP contribution >= 0.6 is 34.8 Å². The number of hydrogen-bond donors (Lipinski definition) is 0. The van der Waals surface area contributed by atoms with E-state index in [1.165, 1.54) is 10.0 Å². The molecule has 0 saturated carbocycles. The quantitative estimate of drug-likeness (QED) is 0.435. The van der Waals surface area contributed by atoms with Crippen molar-refractivity contribution in [2.24, 2.45) is 0 Å². The van der Waals surface area contributed by atoms with Gasteiger partial charge in [-0.05, 0) is 72.7 Å². The Morgan fingerprint density at radius 1 is 1.04 bits per heavy atom. The lowest BCUT2D eigenvalue weighted by Crippen LogP contribution is -2.14. The number of rotatable bonds is 4. The van der Waals surface area contributed by atoms with Crippen LogP contribution < -0.4 is 0 Å². The molecule has 0 radical (unpaired) electrons. The molecule has 1 heterocycles. The van der Waals surface area contributed by atoms with Crippen molar-refractivity contribution < 1.29 is 8.42 Å². The first-order valence-electron chi connectivity index (χ1n) is 9.03. The van der Waals surface area contributed by atoms with Crippen molar-refractivity contribution >= 4 is 44.8 Å². The first-order valence-corrected chi connectivity index (χ1v) is 11.6. The number of aromatic nitrogens is 1. The van der Waals surface area contributed by atoms with Crippen LogP contribution in [0.2, 0.25) is 15.1 Å². The maximum atomic E-state index is 13.5. The molecule has 0 aliphatic heterocycles. The molecule has 1 aliphatic rings. The van der Waals surface area contributed by atoms with E-state index in [1.54, 1.807) is 42.6 Å². The SMILES string of the molecule is CCC1CCc2c1cn(S(=O)(=O)c1cccc(Cl)c1)c2-c1cc(Cl)cc(Cl)c1. The predicted octanol–water partition coefficient (Wildman–Crippen LogP) is 6.79. The smallest absolute Gasteiger partial charge is 0.241 e. The van der Waals surface area contributed by atoms with Crippen LogP contribution in [-0.4, -0.2) is 12.4 Å². The fraction of sp³-hybridized carbons (Fsp3) is 0.238. The Balaban J connectivity index is 2.00. The summed E-state index contributed by atoms with van der Waals surface area (Å²) < 4.78 is 28.3. The second-order valence-electron chi connectivity index (χ2n) is 6.97. The highest BCUT2D eigenvalue weighted by atomic mass is 35.5. The van der Waals surface area contributed by atoms with Crippen LogP contribution in [0.15, 0.2) is 53.6 Å². The zero-order valence-corrected chi connectivity index (χ0v) is 18.2. The van der Waals surface area contributed by atoms with Gasteiger partial charge in [-0.15, -0.1) is 0 Å². The summed E-state index contributed by atoms with van der Waals surface area (Å²) in [7, 11) is -3.83. The van der Waals surface area contributed by atoms with E-state index in [4.69, 9.17) is 34.8 Å². The summed E-state index contributed by atoms with van der Waals surface area (Å²) in [6, 6.07) is 11.5. The van der Waals surface area contributed by atoms with Gasteiger partial charge < -0.3 is 0 Å². The van der Waals surface area contributed by atoms with E-state index in [9.17, 15) is 8.42 Å². The van der Waals surface area contributed by atoms with Crippen molar-refractivity contribution in [1.29, 1.82) is 0 Å². The second-order valence-corrected chi connectivity index (χ2v) is 10.1. The Labute approximate surface area is 179 Å². The molecule has 0 bridgehead atoms. The fourth-order valence-corrected chi connectivity index (χ4v) is 6.22. The van der Waals surface area contributed by atoms with E-state index < -0.39 is 10.0 Å². The van der Waals surface area contributed by atoms with Crippen LogP contribution in [0.25, 0.3) is 11.3 Å². The van der Waals surface area contributed by atoms with Gasteiger partial charge in [-0.25, -0.2) is 12.4 Å². The van der Waals surface area contributed by atoms with Gasteiger partial charge in [-0.3, -0.25) is 0 Å². The van der Waals surface area contributed by atoms with E-state index in [0.717, 1.165) is 30.4 Å². The highest BCUT2D eigenvalue weighted by molar-refractivity contribution is 7.90.